The van der Waals surface area contributed by atoms with Crippen molar-refractivity contribution in [1.82, 2.24) is 0 Å². The Morgan fingerprint density at radius 1 is 0.950 bits per heavy atom. The second kappa shape index (κ2) is 5.26. The zero-order chi connectivity index (χ0) is 13.9. The van der Waals surface area contributed by atoms with E-state index in [2.05, 4.69) is 12.1 Å². The molecule has 20 heavy (non-hydrogen) atoms. The van der Waals surface area contributed by atoms with Gasteiger partial charge in [-0.1, -0.05) is 6.07 Å². The van der Waals surface area contributed by atoms with Crippen LogP contribution in [-0.4, -0.2) is 0 Å². The van der Waals surface area contributed by atoms with E-state index in [9.17, 15) is 0 Å². The van der Waals surface area contributed by atoms with Gasteiger partial charge in [0, 0.05) is 6.07 Å². The van der Waals surface area contributed by atoms with E-state index in [1.807, 2.05) is 12.1 Å². The number of anilines is 1. The summed E-state index contributed by atoms with van der Waals surface area (Å²) in [5, 5.41) is 8.86. The van der Waals surface area contributed by atoms with Gasteiger partial charge in [0.15, 0.2) is 0 Å². The van der Waals surface area contributed by atoms with Crippen molar-refractivity contribution < 1.29 is 4.74 Å². The number of nitrogens with two attached hydrogens (primary N) is 1. The molecule has 1 aliphatic carbocycles. The number of ether oxygens (including phenoxy) is 1. The summed E-state index contributed by atoms with van der Waals surface area (Å²) < 4.78 is 5.84. The highest BCUT2D eigenvalue weighted by Crippen LogP contribution is 2.29. The summed E-state index contributed by atoms with van der Waals surface area (Å²) in [5.41, 5.74) is 9.53. The van der Waals surface area contributed by atoms with Crippen LogP contribution in [0.1, 0.15) is 29.5 Å². The first-order valence-electron chi connectivity index (χ1n) is 6.85. The molecule has 1 aliphatic rings. The van der Waals surface area contributed by atoms with Gasteiger partial charge < -0.3 is 10.5 Å². The Hall–Kier alpha value is -2.47. The molecule has 0 aromatic heterocycles. The molecule has 0 fully saturated rings. The fourth-order valence-electron chi connectivity index (χ4n) is 2.62. The molecular weight excluding hydrogens is 248 g/mol. The SMILES string of the molecule is N#Cc1ccc(Oc2ccc3c(c2)CCCC3)cc1N. The lowest BCUT2D eigenvalue weighted by molar-refractivity contribution is 0.481. The third-order valence-corrected chi connectivity index (χ3v) is 3.70. The lowest BCUT2D eigenvalue weighted by Crippen LogP contribution is -2.02. The van der Waals surface area contributed by atoms with E-state index in [-0.39, 0.29) is 0 Å². The first-order valence-corrected chi connectivity index (χ1v) is 6.85. The highest BCUT2D eigenvalue weighted by molar-refractivity contribution is 5.57. The van der Waals surface area contributed by atoms with E-state index in [1.165, 1.54) is 30.4 Å². The van der Waals surface area contributed by atoms with Crippen LogP contribution in [-0.2, 0) is 12.8 Å². The lowest BCUT2D eigenvalue weighted by Gasteiger charge is -2.16. The predicted molar refractivity (Wildman–Crippen MR) is 78.7 cm³/mol. The van der Waals surface area contributed by atoms with Crippen molar-refractivity contribution in [2.75, 3.05) is 5.73 Å². The van der Waals surface area contributed by atoms with Crippen LogP contribution < -0.4 is 10.5 Å². The van der Waals surface area contributed by atoms with Gasteiger partial charge in [0.2, 0.25) is 0 Å². The number of aryl methyl sites for hydroxylation is 2. The molecule has 0 amide bonds. The average Bonchev–Trinajstić information content (AvgIpc) is 2.47. The molecule has 2 aromatic carbocycles. The topological polar surface area (TPSA) is 59.0 Å². The van der Waals surface area contributed by atoms with Gasteiger partial charge in [-0.3, -0.25) is 0 Å². The minimum absolute atomic E-state index is 0.447. The Kier molecular flexibility index (Phi) is 3.30. The van der Waals surface area contributed by atoms with E-state index in [0.29, 0.717) is 17.0 Å². The van der Waals surface area contributed by atoms with E-state index < -0.39 is 0 Å². The molecule has 0 unspecified atom stereocenters. The Labute approximate surface area is 118 Å². The van der Waals surface area contributed by atoms with Crippen LogP contribution in [0.5, 0.6) is 11.5 Å². The standard InChI is InChI=1S/C17H16N2O/c18-11-14-6-8-16(10-17(14)19)20-15-7-5-12-3-1-2-4-13(12)9-15/h5-10H,1-4,19H2. The highest BCUT2D eigenvalue weighted by atomic mass is 16.5. The molecule has 0 spiro atoms. The summed E-state index contributed by atoms with van der Waals surface area (Å²) in [6.07, 6.45) is 4.82. The van der Waals surface area contributed by atoms with Gasteiger partial charge in [0.25, 0.3) is 0 Å². The van der Waals surface area contributed by atoms with Crippen molar-refractivity contribution in [1.29, 1.82) is 5.26 Å². The molecule has 0 heterocycles. The van der Waals surface area contributed by atoms with Crippen molar-refractivity contribution in [3.05, 3.63) is 53.1 Å². The number of hydrogen-bond donors (Lipinski definition) is 1. The molecule has 0 radical (unpaired) electrons. The van der Waals surface area contributed by atoms with Crippen LogP contribution in [0.4, 0.5) is 5.69 Å². The van der Waals surface area contributed by atoms with Crippen LogP contribution in [0.25, 0.3) is 0 Å². The summed E-state index contributed by atoms with van der Waals surface area (Å²) in [6.45, 7) is 0. The zero-order valence-corrected chi connectivity index (χ0v) is 11.2. The minimum atomic E-state index is 0.447. The largest absolute Gasteiger partial charge is 0.457 e. The molecule has 0 atom stereocenters. The smallest absolute Gasteiger partial charge is 0.129 e. The molecule has 100 valence electrons. The lowest BCUT2D eigenvalue weighted by atomic mass is 9.92. The van der Waals surface area contributed by atoms with Crippen molar-refractivity contribution in [3.8, 4) is 17.6 Å². The summed E-state index contributed by atoms with van der Waals surface area (Å²) in [4.78, 5) is 0. The van der Waals surface area contributed by atoms with Gasteiger partial charge in [0.05, 0.1) is 11.3 Å². The van der Waals surface area contributed by atoms with Crippen LogP contribution in [0.2, 0.25) is 0 Å². The molecule has 0 bridgehead atoms. The fourth-order valence-corrected chi connectivity index (χ4v) is 2.62. The average molecular weight is 264 g/mol. The Morgan fingerprint density at radius 2 is 1.65 bits per heavy atom. The monoisotopic (exact) mass is 264 g/mol. The highest BCUT2D eigenvalue weighted by Gasteiger charge is 2.10. The summed E-state index contributed by atoms with van der Waals surface area (Å²) in [7, 11) is 0. The third-order valence-electron chi connectivity index (χ3n) is 3.70. The number of benzene rings is 2. The molecule has 3 heteroatoms. The van der Waals surface area contributed by atoms with Crippen molar-refractivity contribution in [3.63, 3.8) is 0 Å². The van der Waals surface area contributed by atoms with E-state index in [1.54, 1.807) is 18.2 Å². The third kappa shape index (κ3) is 2.46. The quantitative estimate of drug-likeness (QED) is 0.839. The fraction of sp³-hybridized carbons (Fsp3) is 0.235. The normalized spacial score (nSPS) is 13.3. The number of rotatable bonds is 2. The summed E-state index contributed by atoms with van der Waals surface area (Å²) in [5.74, 6) is 1.49. The van der Waals surface area contributed by atoms with Gasteiger partial charge in [-0.05, 0) is 61.1 Å². The summed E-state index contributed by atoms with van der Waals surface area (Å²) in [6, 6.07) is 13.5. The molecule has 0 saturated carbocycles. The molecule has 0 aliphatic heterocycles. The van der Waals surface area contributed by atoms with Crippen molar-refractivity contribution >= 4 is 5.69 Å². The van der Waals surface area contributed by atoms with Gasteiger partial charge >= 0.3 is 0 Å². The number of nitriles is 1. The Balaban J connectivity index is 1.84. The molecule has 2 aromatic rings. The van der Waals surface area contributed by atoms with Gasteiger partial charge in [-0.15, -0.1) is 0 Å². The number of nitrogen functional groups attached to an aromatic ring is 1. The number of fused-ring (bicyclic) bond motifs is 1. The minimum Gasteiger partial charge on any atom is -0.457 e. The first-order chi connectivity index (χ1) is 9.76. The maximum Gasteiger partial charge on any atom is 0.129 e. The van der Waals surface area contributed by atoms with Gasteiger partial charge in [-0.2, -0.15) is 5.26 Å². The van der Waals surface area contributed by atoms with Gasteiger partial charge in [-0.25, -0.2) is 0 Å². The Bertz CT molecular complexity index is 686. The zero-order valence-electron chi connectivity index (χ0n) is 11.2. The van der Waals surface area contributed by atoms with Crippen molar-refractivity contribution in [2.24, 2.45) is 0 Å². The van der Waals surface area contributed by atoms with Crippen molar-refractivity contribution in [2.45, 2.75) is 25.7 Å². The second-order valence-corrected chi connectivity index (χ2v) is 5.10. The maximum absolute atomic E-state index is 8.86. The van der Waals surface area contributed by atoms with Crippen LogP contribution in [0.3, 0.4) is 0 Å². The number of hydrogen-bond acceptors (Lipinski definition) is 3. The Morgan fingerprint density at radius 3 is 2.40 bits per heavy atom. The van der Waals surface area contributed by atoms with Gasteiger partial charge in [0.1, 0.15) is 17.6 Å². The first kappa shape index (κ1) is 12.6. The molecule has 0 saturated heterocycles. The summed E-state index contributed by atoms with van der Waals surface area (Å²) >= 11 is 0. The second-order valence-electron chi connectivity index (χ2n) is 5.10. The van der Waals surface area contributed by atoms with Crippen LogP contribution >= 0.6 is 0 Å². The maximum atomic E-state index is 8.86. The van der Waals surface area contributed by atoms with E-state index in [0.717, 1.165) is 12.2 Å². The van der Waals surface area contributed by atoms with E-state index >= 15 is 0 Å². The molecule has 3 nitrogen and oxygen atoms in total. The predicted octanol–water partition coefficient (Wildman–Crippen LogP) is 3.81. The van der Waals surface area contributed by atoms with E-state index in [4.69, 9.17) is 15.7 Å². The molecular formula is C17H16N2O. The number of nitrogens with zero attached hydrogens (tertiary/aromatic N) is 1. The molecule has 3 rings (SSSR count). The molecule has 2 N–H and O–H groups in total. The van der Waals surface area contributed by atoms with Crippen LogP contribution in [0, 0.1) is 11.3 Å². The van der Waals surface area contributed by atoms with Crippen LogP contribution in [0.15, 0.2) is 36.4 Å².